The van der Waals surface area contributed by atoms with E-state index in [1.165, 1.54) is 5.56 Å². The summed E-state index contributed by atoms with van der Waals surface area (Å²) in [5.41, 5.74) is 1.40. The molecule has 2 unspecified atom stereocenters. The van der Waals surface area contributed by atoms with Gasteiger partial charge in [0.25, 0.3) is 0 Å². The van der Waals surface area contributed by atoms with Crippen molar-refractivity contribution < 1.29 is 4.42 Å². The van der Waals surface area contributed by atoms with Gasteiger partial charge in [-0.25, -0.2) is 0 Å². The molecule has 2 rings (SSSR count). The van der Waals surface area contributed by atoms with Crippen molar-refractivity contribution in [3.05, 3.63) is 60.1 Å². The highest BCUT2D eigenvalue weighted by atomic mass is 16.3. The third kappa shape index (κ3) is 4.56. The van der Waals surface area contributed by atoms with E-state index in [-0.39, 0.29) is 0 Å². The quantitative estimate of drug-likeness (QED) is 0.811. The predicted molar refractivity (Wildman–Crippen MR) is 79.4 cm³/mol. The van der Waals surface area contributed by atoms with Gasteiger partial charge in [0.2, 0.25) is 0 Å². The Kier molecular flexibility index (Phi) is 5.22. The second-order valence-corrected chi connectivity index (χ2v) is 5.24. The molecule has 2 nitrogen and oxygen atoms in total. The second-order valence-electron chi connectivity index (χ2n) is 5.24. The Bertz CT molecular complexity index is 449. The van der Waals surface area contributed by atoms with Gasteiger partial charge in [0.1, 0.15) is 5.76 Å². The smallest absolute Gasteiger partial charge is 0.103 e. The zero-order chi connectivity index (χ0) is 13.5. The van der Waals surface area contributed by atoms with Crippen LogP contribution in [0.2, 0.25) is 0 Å². The lowest BCUT2D eigenvalue weighted by molar-refractivity contribution is 0.452. The van der Waals surface area contributed by atoms with Crippen molar-refractivity contribution in [3.8, 4) is 0 Å². The zero-order valence-corrected chi connectivity index (χ0v) is 11.8. The van der Waals surface area contributed by atoms with Crippen LogP contribution in [0.25, 0.3) is 0 Å². The van der Waals surface area contributed by atoms with Crippen molar-refractivity contribution >= 4 is 0 Å². The van der Waals surface area contributed by atoms with E-state index >= 15 is 0 Å². The molecule has 2 heteroatoms. The van der Waals surface area contributed by atoms with E-state index < -0.39 is 0 Å². The second kappa shape index (κ2) is 7.15. The molecule has 0 spiro atoms. The molecule has 19 heavy (non-hydrogen) atoms. The lowest BCUT2D eigenvalue weighted by atomic mass is 10.0. The highest BCUT2D eigenvalue weighted by Crippen LogP contribution is 2.14. The van der Waals surface area contributed by atoms with Crippen molar-refractivity contribution in [3.63, 3.8) is 0 Å². The SMILES string of the molecule is CC(CCc1ccco1)NCC(C)c1ccccc1. The topological polar surface area (TPSA) is 25.2 Å². The number of nitrogens with one attached hydrogen (secondary N) is 1. The molecule has 1 heterocycles. The Balaban J connectivity index is 1.70. The Morgan fingerprint density at radius 3 is 2.53 bits per heavy atom. The number of aryl methyl sites for hydroxylation is 1. The van der Waals surface area contributed by atoms with Gasteiger partial charge in [-0.15, -0.1) is 0 Å². The number of furan rings is 1. The molecule has 1 aromatic carbocycles. The third-order valence-corrected chi connectivity index (χ3v) is 3.54. The first-order valence-electron chi connectivity index (χ1n) is 7.06. The fourth-order valence-electron chi connectivity index (χ4n) is 2.19. The molecular formula is C17H23NO. The van der Waals surface area contributed by atoms with Gasteiger partial charge >= 0.3 is 0 Å². The molecule has 0 amide bonds. The van der Waals surface area contributed by atoms with Crippen LogP contribution in [0.3, 0.4) is 0 Å². The standard InChI is InChI=1S/C17H23NO/c1-14(16-7-4-3-5-8-16)13-18-15(2)10-11-17-9-6-12-19-17/h3-9,12,14-15,18H,10-11,13H2,1-2H3. The van der Waals surface area contributed by atoms with Crippen LogP contribution in [0.1, 0.15) is 37.5 Å². The number of hydrogen-bond donors (Lipinski definition) is 1. The summed E-state index contributed by atoms with van der Waals surface area (Å²) < 4.78 is 5.35. The molecule has 0 aliphatic carbocycles. The van der Waals surface area contributed by atoms with E-state index in [2.05, 4.69) is 49.5 Å². The van der Waals surface area contributed by atoms with Crippen molar-refractivity contribution in [2.45, 2.75) is 38.6 Å². The number of hydrogen-bond acceptors (Lipinski definition) is 2. The van der Waals surface area contributed by atoms with Crippen LogP contribution < -0.4 is 5.32 Å². The van der Waals surface area contributed by atoms with Crippen LogP contribution in [0, 0.1) is 0 Å². The molecule has 0 fully saturated rings. The van der Waals surface area contributed by atoms with Crippen LogP contribution in [-0.2, 0) is 6.42 Å². The summed E-state index contributed by atoms with van der Waals surface area (Å²) in [6.07, 6.45) is 3.85. The summed E-state index contributed by atoms with van der Waals surface area (Å²) in [5, 5.41) is 3.60. The summed E-state index contributed by atoms with van der Waals surface area (Å²) in [5.74, 6) is 1.62. The predicted octanol–water partition coefficient (Wildman–Crippen LogP) is 3.99. The van der Waals surface area contributed by atoms with E-state index in [9.17, 15) is 0 Å². The lowest BCUT2D eigenvalue weighted by Gasteiger charge is -2.17. The molecule has 2 aromatic rings. The van der Waals surface area contributed by atoms with E-state index in [4.69, 9.17) is 4.42 Å². The maximum absolute atomic E-state index is 5.35. The minimum absolute atomic E-state index is 0.510. The summed E-state index contributed by atoms with van der Waals surface area (Å²) in [6, 6.07) is 15.2. The maximum Gasteiger partial charge on any atom is 0.103 e. The normalized spacial score (nSPS) is 14.2. The van der Waals surface area contributed by atoms with Crippen molar-refractivity contribution in [1.82, 2.24) is 5.32 Å². The minimum atomic E-state index is 0.510. The summed E-state index contributed by atoms with van der Waals surface area (Å²) in [6.45, 7) is 5.52. The molecule has 0 aliphatic heterocycles. The van der Waals surface area contributed by atoms with Gasteiger partial charge in [-0.05, 0) is 37.0 Å². The summed E-state index contributed by atoms with van der Waals surface area (Å²) in [4.78, 5) is 0. The van der Waals surface area contributed by atoms with E-state index in [0.717, 1.165) is 25.1 Å². The molecule has 0 bridgehead atoms. The monoisotopic (exact) mass is 257 g/mol. The zero-order valence-electron chi connectivity index (χ0n) is 11.8. The lowest BCUT2D eigenvalue weighted by Crippen LogP contribution is -2.30. The van der Waals surface area contributed by atoms with Gasteiger partial charge in [0, 0.05) is 19.0 Å². The Morgan fingerprint density at radius 1 is 1.05 bits per heavy atom. The van der Waals surface area contributed by atoms with E-state index in [0.29, 0.717) is 12.0 Å². The molecular weight excluding hydrogens is 234 g/mol. The third-order valence-electron chi connectivity index (χ3n) is 3.54. The first-order chi connectivity index (χ1) is 9.25. The Labute approximate surface area is 115 Å². The molecule has 2 atom stereocenters. The highest BCUT2D eigenvalue weighted by molar-refractivity contribution is 5.18. The van der Waals surface area contributed by atoms with Crippen LogP contribution in [0.15, 0.2) is 53.1 Å². The summed E-state index contributed by atoms with van der Waals surface area (Å²) >= 11 is 0. The largest absolute Gasteiger partial charge is 0.469 e. The fraction of sp³-hybridized carbons (Fsp3) is 0.412. The van der Waals surface area contributed by atoms with Crippen molar-refractivity contribution in [2.24, 2.45) is 0 Å². The van der Waals surface area contributed by atoms with E-state index in [1.54, 1.807) is 6.26 Å². The highest BCUT2D eigenvalue weighted by Gasteiger charge is 2.08. The maximum atomic E-state index is 5.35. The number of benzene rings is 1. The Hall–Kier alpha value is -1.54. The molecule has 102 valence electrons. The van der Waals surface area contributed by atoms with Crippen LogP contribution in [0.4, 0.5) is 0 Å². The number of rotatable bonds is 7. The molecule has 1 N–H and O–H groups in total. The first-order valence-corrected chi connectivity index (χ1v) is 7.06. The van der Waals surface area contributed by atoms with Crippen molar-refractivity contribution in [2.75, 3.05) is 6.54 Å². The van der Waals surface area contributed by atoms with Gasteiger partial charge in [-0.3, -0.25) is 0 Å². The van der Waals surface area contributed by atoms with Crippen LogP contribution in [0.5, 0.6) is 0 Å². The van der Waals surface area contributed by atoms with E-state index in [1.807, 2.05) is 12.1 Å². The van der Waals surface area contributed by atoms with Gasteiger partial charge in [-0.2, -0.15) is 0 Å². The molecule has 0 aliphatic rings. The fourth-order valence-corrected chi connectivity index (χ4v) is 2.19. The van der Waals surface area contributed by atoms with Crippen LogP contribution in [-0.4, -0.2) is 12.6 Å². The Morgan fingerprint density at radius 2 is 1.84 bits per heavy atom. The average molecular weight is 257 g/mol. The van der Waals surface area contributed by atoms with Gasteiger partial charge in [0.05, 0.1) is 6.26 Å². The van der Waals surface area contributed by atoms with Crippen LogP contribution >= 0.6 is 0 Å². The van der Waals surface area contributed by atoms with Crippen molar-refractivity contribution in [1.29, 1.82) is 0 Å². The van der Waals surface area contributed by atoms with Gasteiger partial charge in [-0.1, -0.05) is 37.3 Å². The molecule has 0 radical (unpaired) electrons. The molecule has 1 aromatic heterocycles. The van der Waals surface area contributed by atoms with Gasteiger partial charge in [0.15, 0.2) is 0 Å². The average Bonchev–Trinajstić information content (AvgIpc) is 2.96. The minimum Gasteiger partial charge on any atom is -0.469 e. The summed E-state index contributed by atoms with van der Waals surface area (Å²) in [7, 11) is 0. The van der Waals surface area contributed by atoms with Gasteiger partial charge < -0.3 is 9.73 Å². The molecule has 0 saturated carbocycles. The molecule has 0 saturated heterocycles. The first kappa shape index (κ1) is 13.9.